The number of benzene rings is 1. The molecule has 2 N–H and O–H groups in total. The normalized spacial score (nSPS) is 32.3. The van der Waals surface area contributed by atoms with Gasteiger partial charge in [0.05, 0.1) is 5.60 Å². The number of nitrogens with zero attached hydrogens (tertiary/aromatic N) is 1. The molecule has 18 heavy (non-hydrogen) atoms. The summed E-state index contributed by atoms with van der Waals surface area (Å²) < 4.78 is 29.5. The van der Waals surface area contributed by atoms with Crippen molar-refractivity contribution in [3.63, 3.8) is 0 Å². The van der Waals surface area contributed by atoms with Gasteiger partial charge in [-0.15, -0.1) is 0 Å². The molecule has 0 radical (unpaired) electrons. The fraction of sp³-hybridized carbons (Fsp3) is 0.600. The molecule has 1 aliphatic rings. The summed E-state index contributed by atoms with van der Waals surface area (Å²) in [6.07, 6.45) is 3.25. The minimum Gasteiger partial charge on any atom is -0.508 e. The van der Waals surface area contributed by atoms with Crippen LogP contribution in [0.3, 0.4) is 0 Å². The van der Waals surface area contributed by atoms with Crippen LogP contribution < -0.4 is 0 Å². The molecule has 0 aliphatic heterocycles. The molecule has 1 fully saturated rings. The maximum absolute atomic E-state index is 11.2. The molecule has 0 unspecified atom stereocenters. The van der Waals surface area contributed by atoms with Gasteiger partial charge in [0.1, 0.15) is 5.75 Å². The van der Waals surface area contributed by atoms with Gasteiger partial charge in [0.15, 0.2) is 0 Å². The van der Waals surface area contributed by atoms with Crippen LogP contribution in [0.5, 0.6) is 5.75 Å². The smallest absolute Gasteiger partial charge is 0.293 e. The molecule has 0 aromatic heterocycles. The molecule has 0 spiro atoms. The molecule has 0 bridgehead atoms. The van der Waals surface area contributed by atoms with E-state index >= 15 is 0 Å². The number of aromatic hydroxyl groups is 1. The van der Waals surface area contributed by atoms with E-state index in [1.54, 1.807) is 25.2 Å². The summed E-state index contributed by atoms with van der Waals surface area (Å²) in [5.41, 5.74) is -0.382. The van der Waals surface area contributed by atoms with Crippen molar-refractivity contribution in [2.45, 2.75) is 31.3 Å². The molecule has 100 valence electrons. The summed E-state index contributed by atoms with van der Waals surface area (Å²) in [4.78, 5) is 1.32. The van der Waals surface area contributed by atoms with E-state index in [0.717, 1.165) is 19.3 Å². The lowest BCUT2D eigenvalue weighted by Crippen LogP contribution is -2.43. The van der Waals surface area contributed by atoms with E-state index in [-0.39, 0.29) is 5.92 Å². The van der Waals surface area contributed by atoms with Gasteiger partial charge in [-0.2, -0.15) is 0 Å². The predicted molar refractivity (Wildman–Crippen MR) is 72.5 cm³/mol. The van der Waals surface area contributed by atoms with Gasteiger partial charge >= 0.3 is 0 Å². The molecule has 1 aliphatic carbocycles. The highest BCUT2D eigenvalue weighted by Gasteiger charge is 2.40. The van der Waals surface area contributed by atoms with Crippen LogP contribution in [-0.2, 0) is 5.60 Å². The Labute approximate surface area is 115 Å². The van der Waals surface area contributed by atoms with Crippen molar-refractivity contribution in [1.29, 1.82) is 1.43 Å². The monoisotopic (exact) mass is 253 g/mol. The average Bonchev–Trinajstić information content (AvgIpc) is 2.48. The standard InChI is InChI=1S/C15H23NO2/c1-16(2)11-13-6-3-4-9-15(13,18)12-7-5-8-14(17)10-12/h5,7-8,10,13,17-18H,3-4,6,9,11H2,1-2H3/t13-,15+/m0/s1/i1D3/hD. The van der Waals surface area contributed by atoms with Gasteiger partial charge in [-0.05, 0) is 44.6 Å². The predicted octanol–water partition coefficient (Wildman–Crippen LogP) is 2.33. The minimum atomic E-state index is -2.16. The third-order valence-corrected chi connectivity index (χ3v) is 3.86. The fourth-order valence-corrected chi connectivity index (χ4v) is 2.95. The van der Waals surface area contributed by atoms with E-state index in [0.29, 0.717) is 24.3 Å². The molecule has 1 aromatic rings. The summed E-state index contributed by atoms with van der Waals surface area (Å²) in [6.45, 7) is -1.86. The Morgan fingerprint density at radius 2 is 2.44 bits per heavy atom. The quantitative estimate of drug-likeness (QED) is 0.865. The van der Waals surface area contributed by atoms with Gasteiger partial charge in [-0.3, -0.25) is 0 Å². The number of aliphatic hydroxyl groups is 1. The van der Waals surface area contributed by atoms with Gasteiger partial charge in [0.2, 0.25) is 0 Å². The van der Waals surface area contributed by atoms with Crippen LogP contribution in [0.4, 0.5) is 0 Å². The highest BCUT2D eigenvalue weighted by atomic mass is 16.3. The van der Waals surface area contributed by atoms with E-state index in [4.69, 9.17) is 5.54 Å². The number of rotatable bonds is 4. The van der Waals surface area contributed by atoms with E-state index in [1.807, 2.05) is 6.07 Å². The third kappa shape index (κ3) is 2.68. The molecule has 0 heterocycles. The first-order chi connectivity index (χ1) is 10.3. The van der Waals surface area contributed by atoms with Crippen LogP contribution in [-0.4, -0.2) is 37.1 Å². The van der Waals surface area contributed by atoms with Crippen molar-refractivity contribution < 1.29 is 14.3 Å². The summed E-state index contributed by atoms with van der Waals surface area (Å²) in [6, 6.07) is 6.89. The van der Waals surface area contributed by atoms with E-state index in [9.17, 15) is 5.11 Å². The van der Waals surface area contributed by atoms with Crippen molar-refractivity contribution in [3.05, 3.63) is 29.8 Å². The van der Waals surface area contributed by atoms with Crippen molar-refractivity contribution >= 4 is 0 Å². The van der Waals surface area contributed by atoms with Crippen LogP contribution in [0, 0.1) is 5.92 Å². The first-order valence-electron chi connectivity index (χ1n) is 8.35. The van der Waals surface area contributed by atoms with Gasteiger partial charge in [-0.1, -0.05) is 25.0 Å². The highest BCUT2D eigenvalue weighted by molar-refractivity contribution is 5.32. The summed E-state index contributed by atoms with van der Waals surface area (Å²) in [7, 11) is 1.56. The lowest BCUT2D eigenvalue weighted by atomic mass is 9.71. The molecule has 0 saturated heterocycles. The molecule has 2 rings (SSSR count). The fourth-order valence-electron chi connectivity index (χ4n) is 2.95. The Balaban J connectivity index is 2.27. The van der Waals surface area contributed by atoms with Crippen molar-refractivity contribution in [2.24, 2.45) is 5.92 Å². The Hall–Kier alpha value is -1.06. The van der Waals surface area contributed by atoms with Crippen molar-refractivity contribution in [2.75, 3.05) is 20.6 Å². The number of phenols is 1. The second kappa shape index (κ2) is 5.29. The highest BCUT2D eigenvalue weighted by Crippen LogP contribution is 2.42. The SMILES string of the molecule is [2H]Oc1cccc([C@]2(O)CCCC[C@H]2CN(C)C([2H])([2H])[2H])c1. The molecule has 1 saturated carbocycles. The molecule has 3 nitrogen and oxygen atoms in total. The zero-order chi connectivity index (χ0) is 16.4. The second-order valence-corrected chi connectivity index (χ2v) is 5.28. The van der Waals surface area contributed by atoms with Crippen LogP contribution >= 0.6 is 0 Å². The number of phenolic OH excluding ortho intramolecular Hbond substituents is 1. The van der Waals surface area contributed by atoms with E-state index in [2.05, 4.69) is 5.11 Å². The van der Waals surface area contributed by atoms with E-state index in [1.165, 1.54) is 4.90 Å². The van der Waals surface area contributed by atoms with Crippen LogP contribution in [0.25, 0.3) is 0 Å². The summed E-state index contributed by atoms with van der Waals surface area (Å²) in [5, 5.41) is 15.7. The first kappa shape index (κ1) is 8.94. The number of hydrogen-bond acceptors (Lipinski definition) is 3. The second-order valence-electron chi connectivity index (χ2n) is 5.28. The summed E-state index contributed by atoms with van der Waals surface area (Å²) >= 11 is 0. The average molecular weight is 253 g/mol. The first-order valence-corrected chi connectivity index (χ1v) is 6.44. The summed E-state index contributed by atoms with van der Waals surface area (Å²) in [5.74, 6) is 0.215. The molecule has 2 atom stereocenters. The van der Waals surface area contributed by atoms with Crippen molar-refractivity contribution in [1.82, 2.24) is 4.90 Å². The Morgan fingerprint density at radius 1 is 1.56 bits per heavy atom. The number of hydrogen-bond donors (Lipinski definition) is 2. The maximum atomic E-state index is 11.2. The van der Waals surface area contributed by atoms with E-state index < -0.39 is 12.6 Å². The third-order valence-electron chi connectivity index (χ3n) is 3.86. The van der Waals surface area contributed by atoms with Crippen LogP contribution in [0.2, 0.25) is 0 Å². The molecular formula is C15H23NO2. The van der Waals surface area contributed by atoms with Crippen LogP contribution in [0.15, 0.2) is 24.3 Å². The van der Waals surface area contributed by atoms with Gasteiger partial charge < -0.3 is 15.1 Å². The Morgan fingerprint density at radius 3 is 3.22 bits per heavy atom. The zero-order valence-electron chi connectivity index (χ0n) is 14.7. The maximum Gasteiger partial charge on any atom is 0.293 e. The molecule has 0 amide bonds. The minimum absolute atomic E-state index is 0.160. The molecule has 1 aromatic carbocycles. The lowest BCUT2D eigenvalue weighted by Gasteiger charge is -2.41. The van der Waals surface area contributed by atoms with Gasteiger partial charge in [-0.25, -0.2) is 0 Å². The lowest BCUT2D eigenvalue weighted by molar-refractivity contribution is -0.0619. The van der Waals surface area contributed by atoms with Gasteiger partial charge in [0.25, 0.3) is 1.43 Å². The van der Waals surface area contributed by atoms with Crippen molar-refractivity contribution in [3.8, 4) is 5.75 Å². The zero-order valence-corrected chi connectivity index (χ0v) is 10.7. The Kier molecular flexibility index (Phi) is 2.63. The largest absolute Gasteiger partial charge is 0.508 e. The van der Waals surface area contributed by atoms with Gasteiger partial charge in [0, 0.05) is 16.6 Å². The molecular weight excluding hydrogens is 226 g/mol. The molecule has 3 heteroatoms. The Bertz CT molecular complexity index is 509. The van der Waals surface area contributed by atoms with Crippen LogP contribution in [0.1, 0.15) is 35.4 Å². The topological polar surface area (TPSA) is 43.7 Å².